The van der Waals surface area contributed by atoms with Crippen LogP contribution in [0.2, 0.25) is 0 Å². The highest BCUT2D eigenvalue weighted by molar-refractivity contribution is 7.89. The average molecular weight is 274 g/mol. The van der Waals surface area contributed by atoms with Crippen LogP contribution < -0.4 is 10.0 Å². The predicted molar refractivity (Wildman–Crippen MR) is 70.3 cm³/mol. The van der Waals surface area contributed by atoms with Gasteiger partial charge in [0, 0.05) is 12.6 Å². The molecule has 18 heavy (non-hydrogen) atoms. The van der Waals surface area contributed by atoms with Crippen LogP contribution in [0.15, 0.2) is 24.3 Å². The summed E-state index contributed by atoms with van der Waals surface area (Å²) in [5.41, 5.74) is 0.613. The van der Waals surface area contributed by atoms with Crippen molar-refractivity contribution in [2.75, 3.05) is 18.8 Å². The van der Waals surface area contributed by atoms with Crippen molar-refractivity contribution in [3.8, 4) is 0 Å². The zero-order valence-corrected chi connectivity index (χ0v) is 11.4. The molecule has 4 nitrogen and oxygen atoms in total. The smallest absolute Gasteiger partial charge is 0.213 e. The fourth-order valence-corrected chi connectivity index (χ4v) is 2.76. The van der Waals surface area contributed by atoms with E-state index in [0.717, 1.165) is 6.54 Å². The minimum Gasteiger partial charge on any atom is -0.316 e. The quantitative estimate of drug-likeness (QED) is 0.739. The van der Waals surface area contributed by atoms with Crippen LogP contribution in [0.4, 0.5) is 4.39 Å². The predicted octanol–water partition coefficient (Wildman–Crippen LogP) is 1.42. The lowest BCUT2D eigenvalue weighted by Crippen LogP contribution is -2.33. The molecule has 6 heteroatoms. The molecule has 0 radical (unpaired) electrons. The summed E-state index contributed by atoms with van der Waals surface area (Å²) < 4.78 is 39.0. The molecule has 1 rings (SSSR count). The van der Waals surface area contributed by atoms with Gasteiger partial charge < -0.3 is 5.32 Å². The lowest BCUT2D eigenvalue weighted by Gasteiger charge is -2.14. The van der Waals surface area contributed by atoms with Gasteiger partial charge in [0.05, 0.1) is 5.75 Å². The molecule has 2 N–H and O–H groups in total. The van der Waals surface area contributed by atoms with Gasteiger partial charge in [-0.3, -0.25) is 0 Å². The molecule has 0 aliphatic heterocycles. The molecule has 0 spiro atoms. The molecule has 0 aliphatic rings. The van der Waals surface area contributed by atoms with Crippen molar-refractivity contribution >= 4 is 10.0 Å². The van der Waals surface area contributed by atoms with Gasteiger partial charge in [0.25, 0.3) is 0 Å². The van der Waals surface area contributed by atoms with Gasteiger partial charge in [-0.15, -0.1) is 0 Å². The zero-order valence-electron chi connectivity index (χ0n) is 10.6. The van der Waals surface area contributed by atoms with Gasteiger partial charge >= 0.3 is 0 Å². The molecular formula is C12H19FN2O2S. The second-order valence-corrected chi connectivity index (χ2v) is 5.94. The molecule has 0 saturated heterocycles. The van der Waals surface area contributed by atoms with Gasteiger partial charge in [-0.1, -0.05) is 19.1 Å². The van der Waals surface area contributed by atoms with Crippen molar-refractivity contribution in [2.24, 2.45) is 0 Å². The highest BCUT2D eigenvalue weighted by atomic mass is 32.2. The van der Waals surface area contributed by atoms with Crippen molar-refractivity contribution in [2.45, 2.75) is 19.9 Å². The molecule has 1 atom stereocenters. The fourth-order valence-electron chi connectivity index (χ4n) is 1.56. The lowest BCUT2D eigenvalue weighted by atomic mass is 10.1. The van der Waals surface area contributed by atoms with Gasteiger partial charge in [0.1, 0.15) is 5.82 Å². The van der Waals surface area contributed by atoms with Crippen LogP contribution in [0.1, 0.15) is 25.5 Å². The number of hydrogen-bond acceptors (Lipinski definition) is 3. The van der Waals surface area contributed by atoms with Crippen molar-refractivity contribution in [1.82, 2.24) is 10.0 Å². The Balaban J connectivity index is 2.61. The number of rotatable bonds is 7. The van der Waals surface area contributed by atoms with Crippen LogP contribution in [0.3, 0.4) is 0 Å². The van der Waals surface area contributed by atoms with E-state index in [1.165, 1.54) is 12.1 Å². The Bertz CT molecular complexity index is 477. The standard InChI is InChI=1S/C12H19FN2O2S/c1-3-14-7-8-18(16,17)15-10(2)11-5-4-6-12(13)9-11/h4-6,9-10,14-15H,3,7-8H2,1-2H3. The number of hydrogen-bond donors (Lipinski definition) is 2. The monoisotopic (exact) mass is 274 g/mol. The summed E-state index contributed by atoms with van der Waals surface area (Å²) in [6.07, 6.45) is 0. The second kappa shape index (κ2) is 6.82. The highest BCUT2D eigenvalue weighted by Gasteiger charge is 2.15. The first-order valence-electron chi connectivity index (χ1n) is 5.91. The summed E-state index contributed by atoms with van der Waals surface area (Å²) in [7, 11) is -3.35. The highest BCUT2D eigenvalue weighted by Crippen LogP contribution is 2.14. The first kappa shape index (κ1) is 15.1. The normalized spacial score (nSPS) is 13.5. The Morgan fingerprint density at radius 1 is 1.39 bits per heavy atom. The largest absolute Gasteiger partial charge is 0.316 e. The van der Waals surface area contributed by atoms with Gasteiger partial charge in [0.2, 0.25) is 10.0 Å². The Morgan fingerprint density at radius 3 is 2.72 bits per heavy atom. The molecule has 0 bridgehead atoms. The maximum atomic E-state index is 13.0. The minimum atomic E-state index is -3.35. The van der Waals surface area contributed by atoms with E-state index in [-0.39, 0.29) is 11.6 Å². The molecule has 0 aliphatic carbocycles. The lowest BCUT2D eigenvalue weighted by molar-refractivity contribution is 0.561. The molecule has 0 amide bonds. The third-order valence-electron chi connectivity index (χ3n) is 2.50. The first-order valence-corrected chi connectivity index (χ1v) is 7.56. The molecule has 0 heterocycles. The molecule has 0 aromatic heterocycles. The Morgan fingerprint density at radius 2 is 2.11 bits per heavy atom. The van der Waals surface area contributed by atoms with Crippen LogP contribution in [-0.4, -0.2) is 27.3 Å². The maximum absolute atomic E-state index is 13.0. The molecule has 1 unspecified atom stereocenters. The number of nitrogens with one attached hydrogen (secondary N) is 2. The number of benzene rings is 1. The van der Waals surface area contributed by atoms with Gasteiger partial charge in [-0.25, -0.2) is 17.5 Å². The van der Waals surface area contributed by atoms with E-state index >= 15 is 0 Å². The molecule has 1 aromatic rings. The fraction of sp³-hybridized carbons (Fsp3) is 0.500. The Kier molecular flexibility index (Phi) is 5.71. The molecular weight excluding hydrogens is 255 g/mol. The Labute approximate surface area is 108 Å². The Hall–Kier alpha value is -0.980. The first-order chi connectivity index (χ1) is 8.44. The summed E-state index contributed by atoms with van der Waals surface area (Å²) in [5.74, 6) is -0.355. The van der Waals surface area contributed by atoms with Crippen molar-refractivity contribution in [3.05, 3.63) is 35.6 Å². The van der Waals surface area contributed by atoms with Crippen molar-refractivity contribution in [3.63, 3.8) is 0 Å². The van der Waals surface area contributed by atoms with Crippen LogP contribution in [-0.2, 0) is 10.0 Å². The van der Waals surface area contributed by atoms with Gasteiger partial charge in [-0.05, 0) is 31.2 Å². The SMILES string of the molecule is CCNCCS(=O)(=O)NC(C)c1cccc(F)c1. The van der Waals surface area contributed by atoms with Gasteiger partial charge in [-0.2, -0.15) is 0 Å². The van der Waals surface area contributed by atoms with Crippen LogP contribution in [0.5, 0.6) is 0 Å². The summed E-state index contributed by atoms with van der Waals surface area (Å²) in [6, 6.07) is 5.48. The molecule has 0 saturated carbocycles. The van der Waals surface area contributed by atoms with E-state index in [9.17, 15) is 12.8 Å². The van der Waals surface area contributed by atoms with Crippen molar-refractivity contribution in [1.29, 1.82) is 0 Å². The maximum Gasteiger partial charge on any atom is 0.213 e. The van der Waals surface area contributed by atoms with E-state index < -0.39 is 16.1 Å². The molecule has 0 fully saturated rings. The summed E-state index contributed by atoms with van der Waals surface area (Å²) in [5, 5.41) is 2.95. The van der Waals surface area contributed by atoms with E-state index in [1.807, 2.05) is 6.92 Å². The van der Waals surface area contributed by atoms with Crippen LogP contribution >= 0.6 is 0 Å². The topological polar surface area (TPSA) is 58.2 Å². The third kappa shape index (κ3) is 5.12. The number of sulfonamides is 1. The number of halogens is 1. The van der Waals surface area contributed by atoms with Crippen LogP contribution in [0, 0.1) is 5.82 Å². The minimum absolute atomic E-state index is 0.0144. The van der Waals surface area contributed by atoms with E-state index in [4.69, 9.17) is 0 Å². The van der Waals surface area contributed by atoms with Crippen LogP contribution in [0.25, 0.3) is 0 Å². The molecule has 102 valence electrons. The average Bonchev–Trinajstić information content (AvgIpc) is 2.28. The van der Waals surface area contributed by atoms with Crippen molar-refractivity contribution < 1.29 is 12.8 Å². The van der Waals surface area contributed by atoms with E-state index in [2.05, 4.69) is 10.0 Å². The van der Waals surface area contributed by atoms with E-state index in [1.54, 1.807) is 19.1 Å². The van der Waals surface area contributed by atoms with E-state index in [0.29, 0.717) is 12.1 Å². The zero-order chi connectivity index (χ0) is 13.6. The molecule has 1 aromatic carbocycles. The summed E-state index contributed by atoms with van der Waals surface area (Å²) >= 11 is 0. The third-order valence-corrected chi connectivity index (χ3v) is 3.96. The summed E-state index contributed by atoms with van der Waals surface area (Å²) in [6.45, 7) is 4.74. The second-order valence-electron chi connectivity index (χ2n) is 4.07. The summed E-state index contributed by atoms with van der Waals surface area (Å²) in [4.78, 5) is 0. The van der Waals surface area contributed by atoms with Gasteiger partial charge in [0.15, 0.2) is 0 Å².